The molecule has 13 heavy (non-hydrogen) atoms. The van der Waals surface area contributed by atoms with Crippen molar-refractivity contribution >= 4 is 7.92 Å². The van der Waals surface area contributed by atoms with Crippen LogP contribution in [0.2, 0.25) is 0 Å². The van der Waals surface area contributed by atoms with E-state index in [0.29, 0.717) is 7.92 Å². The average molecular weight is 198 g/mol. The predicted octanol–water partition coefficient (Wildman–Crippen LogP) is 4.37. The van der Waals surface area contributed by atoms with Gasteiger partial charge in [-0.2, -0.15) is 0 Å². The molecule has 0 N–H and O–H groups in total. The lowest BCUT2D eigenvalue weighted by molar-refractivity contribution is 0.336. The Morgan fingerprint density at radius 3 is 1.54 bits per heavy atom. The second-order valence-corrected chi connectivity index (χ2v) is 9.09. The summed E-state index contributed by atoms with van der Waals surface area (Å²) >= 11 is 0. The van der Waals surface area contributed by atoms with Crippen LogP contribution in [0.5, 0.6) is 0 Å². The molecule has 0 aromatic carbocycles. The highest BCUT2D eigenvalue weighted by Crippen LogP contribution is 2.71. The van der Waals surface area contributed by atoms with E-state index < -0.39 is 0 Å². The molecule has 1 heteroatoms. The van der Waals surface area contributed by atoms with Gasteiger partial charge in [0.2, 0.25) is 0 Å². The maximum absolute atomic E-state index is 2.58. The van der Waals surface area contributed by atoms with Crippen LogP contribution in [-0.4, -0.2) is 16.5 Å². The highest BCUT2D eigenvalue weighted by molar-refractivity contribution is 7.61. The molecule has 2 heterocycles. The van der Waals surface area contributed by atoms with E-state index in [2.05, 4.69) is 20.8 Å². The number of hydrogen-bond acceptors (Lipinski definition) is 0. The summed E-state index contributed by atoms with van der Waals surface area (Å²) in [5.41, 5.74) is 0. The van der Waals surface area contributed by atoms with Crippen LogP contribution in [0.3, 0.4) is 0 Å². The van der Waals surface area contributed by atoms with Gasteiger partial charge in [-0.3, -0.25) is 0 Å². The molecule has 2 aliphatic heterocycles. The molecule has 0 aromatic rings. The highest BCUT2D eigenvalue weighted by atomic mass is 31.1. The van der Waals surface area contributed by atoms with E-state index >= 15 is 0 Å². The van der Waals surface area contributed by atoms with Crippen LogP contribution in [0.15, 0.2) is 0 Å². The van der Waals surface area contributed by atoms with Gasteiger partial charge in [0.25, 0.3) is 0 Å². The third-order valence-corrected chi connectivity index (χ3v) is 8.61. The Kier molecular flexibility index (Phi) is 2.47. The third-order valence-electron chi connectivity index (χ3n) is 4.48. The zero-order valence-electron chi connectivity index (χ0n) is 9.40. The molecular weight excluding hydrogens is 175 g/mol. The smallest absolute Gasteiger partial charge is 0.0118 e. The zero-order valence-corrected chi connectivity index (χ0v) is 10.3. The van der Waals surface area contributed by atoms with Gasteiger partial charge in [0.15, 0.2) is 0 Å². The van der Waals surface area contributed by atoms with Crippen LogP contribution >= 0.6 is 7.92 Å². The van der Waals surface area contributed by atoms with E-state index in [4.69, 9.17) is 0 Å². The molecule has 0 aromatic heterocycles. The molecule has 2 bridgehead atoms. The summed E-state index contributed by atoms with van der Waals surface area (Å²) in [7, 11) is 0.328. The van der Waals surface area contributed by atoms with Crippen LogP contribution in [0.4, 0.5) is 0 Å². The largest absolute Gasteiger partial charge is 0.0948 e. The SMILES string of the molecule is CCP1C2(C)CCCC1(C)CCC2. The minimum atomic E-state index is 0.328. The lowest BCUT2D eigenvalue weighted by atomic mass is 9.85. The molecule has 0 spiro atoms. The first-order valence-electron chi connectivity index (χ1n) is 5.88. The standard InChI is InChI=1S/C12H23P/c1-4-13-11(2)7-5-9-12(13,3)10-6-8-11/h4-10H2,1-3H3. The van der Waals surface area contributed by atoms with E-state index in [0.717, 1.165) is 10.3 Å². The van der Waals surface area contributed by atoms with Crippen LogP contribution in [0.25, 0.3) is 0 Å². The van der Waals surface area contributed by atoms with E-state index in [9.17, 15) is 0 Å². The first kappa shape index (κ1) is 9.97. The van der Waals surface area contributed by atoms with Crippen molar-refractivity contribution in [2.45, 2.75) is 69.6 Å². The topological polar surface area (TPSA) is 0 Å². The van der Waals surface area contributed by atoms with Crippen molar-refractivity contribution in [2.75, 3.05) is 6.16 Å². The van der Waals surface area contributed by atoms with Gasteiger partial charge in [-0.05, 0) is 42.2 Å². The van der Waals surface area contributed by atoms with Gasteiger partial charge in [-0.1, -0.05) is 41.5 Å². The van der Waals surface area contributed by atoms with E-state index in [1.54, 1.807) is 0 Å². The summed E-state index contributed by atoms with van der Waals surface area (Å²) in [5.74, 6) is 0. The summed E-state index contributed by atoms with van der Waals surface area (Å²) in [5, 5.41) is 1.55. The van der Waals surface area contributed by atoms with Crippen molar-refractivity contribution in [3.8, 4) is 0 Å². The van der Waals surface area contributed by atoms with Crippen molar-refractivity contribution in [3.63, 3.8) is 0 Å². The molecule has 0 amide bonds. The number of rotatable bonds is 1. The van der Waals surface area contributed by atoms with E-state index in [-0.39, 0.29) is 0 Å². The van der Waals surface area contributed by atoms with Crippen molar-refractivity contribution in [1.82, 2.24) is 0 Å². The Labute approximate surface area is 84.2 Å². The Hall–Kier alpha value is 0.430. The monoisotopic (exact) mass is 198 g/mol. The first-order valence-corrected chi connectivity index (χ1v) is 7.41. The van der Waals surface area contributed by atoms with Crippen LogP contribution in [0, 0.1) is 0 Å². The molecule has 0 unspecified atom stereocenters. The Balaban J connectivity index is 2.28. The number of fused-ring (bicyclic) bond motifs is 2. The number of hydrogen-bond donors (Lipinski definition) is 0. The van der Waals surface area contributed by atoms with Crippen LogP contribution < -0.4 is 0 Å². The quantitative estimate of drug-likeness (QED) is 0.549. The van der Waals surface area contributed by atoms with Crippen molar-refractivity contribution < 1.29 is 0 Å². The Morgan fingerprint density at radius 1 is 0.923 bits per heavy atom. The van der Waals surface area contributed by atoms with E-state index in [1.807, 2.05) is 0 Å². The molecule has 0 radical (unpaired) electrons. The van der Waals surface area contributed by atoms with Crippen molar-refractivity contribution in [3.05, 3.63) is 0 Å². The van der Waals surface area contributed by atoms with Gasteiger partial charge < -0.3 is 0 Å². The molecule has 2 rings (SSSR count). The predicted molar refractivity (Wildman–Crippen MR) is 62.0 cm³/mol. The molecule has 2 aliphatic rings. The second kappa shape index (κ2) is 3.23. The van der Waals surface area contributed by atoms with Gasteiger partial charge in [-0.15, -0.1) is 0 Å². The highest BCUT2D eigenvalue weighted by Gasteiger charge is 2.49. The van der Waals surface area contributed by atoms with Gasteiger partial charge >= 0.3 is 0 Å². The summed E-state index contributed by atoms with van der Waals surface area (Å²) in [6.07, 6.45) is 10.6. The zero-order chi connectivity index (χ0) is 9.53. The fourth-order valence-electron chi connectivity index (χ4n) is 3.91. The summed E-state index contributed by atoms with van der Waals surface area (Å²) < 4.78 is 0. The molecular formula is C12H23P. The fourth-order valence-corrected chi connectivity index (χ4v) is 8.45. The molecule has 0 saturated carbocycles. The van der Waals surface area contributed by atoms with Gasteiger partial charge in [-0.25, -0.2) is 0 Å². The maximum atomic E-state index is 2.58. The molecule has 0 atom stereocenters. The normalized spacial score (nSPS) is 50.5. The Bertz CT molecular complexity index is 169. The van der Waals surface area contributed by atoms with Crippen molar-refractivity contribution in [2.24, 2.45) is 0 Å². The lowest BCUT2D eigenvalue weighted by Crippen LogP contribution is -2.43. The van der Waals surface area contributed by atoms with Crippen LogP contribution in [-0.2, 0) is 0 Å². The molecule has 76 valence electrons. The summed E-state index contributed by atoms with van der Waals surface area (Å²) in [6, 6.07) is 0. The van der Waals surface area contributed by atoms with E-state index in [1.165, 1.54) is 44.7 Å². The molecule has 2 fully saturated rings. The van der Waals surface area contributed by atoms with Gasteiger partial charge in [0.1, 0.15) is 0 Å². The van der Waals surface area contributed by atoms with Gasteiger partial charge in [0, 0.05) is 0 Å². The average Bonchev–Trinajstić information content (AvgIpc) is 2.02. The second-order valence-electron chi connectivity index (χ2n) is 5.45. The molecule has 0 nitrogen and oxygen atoms in total. The third kappa shape index (κ3) is 1.46. The molecule has 0 aliphatic carbocycles. The van der Waals surface area contributed by atoms with Crippen LogP contribution in [0.1, 0.15) is 59.3 Å². The lowest BCUT2D eigenvalue weighted by Gasteiger charge is -2.56. The van der Waals surface area contributed by atoms with Crippen molar-refractivity contribution in [1.29, 1.82) is 0 Å². The first-order chi connectivity index (χ1) is 6.11. The summed E-state index contributed by atoms with van der Waals surface area (Å²) in [6.45, 7) is 7.59. The van der Waals surface area contributed by atoms with Gasteiger partial charge in [0.05, 0.1) is 0 Å². The Morgan fingerprint density at radius 2 is 1.31 bits per heavy atom. The fraction of sp³-hybridized carbons (Fsp3) is 1.00. The minimum Gasteiger partial charge on any atom is -0.0948 e. The molecule has 2 saturated heterocycles. The summed E-state index contributed by atoms with van der Waals surface area (Å²) in [4.78, 5) is 0. The maximum Gasteiger partial charge on any atom is -0.0118 e. The minimum absolute atomic E-state index is 0.328.